The Kier molecular flexibility index (Phi) is 4.96. The number of methoxy groups -OCH3 is 1. The molecule has 0 aromatic heterocycles. The predicted octanol–water partition coefficient (Wildman–Crippen LogP) is 2.55. The third-order valence-corrected chi connectivity index (χ3v) is 5.30. The summed E-state index contributed by atoms with van der Waals surface area (Å²) in [5.41, 5.74) is -0.152. The van der Waals surface area contributed by atoms with Gasteiger partial charge in [0, 0.05) is 18.3 Å². The molecule has 0 bridgehead atoms. The maximum Gasteiger partial charge on any atom is 0.313 e. The predicted molar refractivity (Wildman–Crippen MR) is 75.9 cm³/mol. The number of carbonyl (C=O) groups is 1. The summed E-state index contributed by atoms with van der Waals surface area (Å²) in [6.07, 6.45) is 5.97. The minimum Gasteiger partial charge on any atom is -0.469 e. The topological polar surface area (TPSA) is 29.5 Å². The van der Waals surface area contributed by atoms with Gasteiger partial charge in [0.05, 0.1) is 12.5 Å². The summed E-state index contributed by atoms with van der Waals surface area (Å²) in [6, 6.07) is 0. The first-order chi connectivity index (χ1) is 8.70. The van der Waals surface area contributed by atoms with E-state index in [0.29, 0.717) is 0 Å². The summed E-state index contributed by atoms with van der Waals surface area (Å²) in [6.45, 7) is 5.45. The smallest absolute Gasteiger partial charge is 0.313 e. The summed E-state index contributed by atoms with van der Waals surface area (Å²) in [7, 11) is 1.51. The van der Waals surface area contributed by atoms with Crippen LogP contribution in [-0.4, -0.2) is 48.6 Å². The van der Waals surface area contributed by atoms with Gasteiger partial charge in [0.25, 0.3) is 0 Å². The van der Waals surface area contributed by atoms with Crippen LogP contribution in [0.4, 0.5) is 0 Å². The molecule has 3 nitrogen and oxygen atoms in total. The van der Waals surface area contributed by atoms with Crippen LogP contribution in [0.15, 0.2) is 0 Å². The Morgan fingerprint density at radius 2 is 2.22 bits per heavy atom. The Morgan fingerprint density at radius 3 is 2.83 bits per heavy atom. The van der Waals surface area contributed by atoms with Gasteiger partial charge in [0.1, 0.15) is 0 Å². The van der Waals surface area contributed by atoms with Gasteiger partial charge in [0.15, 0.2) is 0 Å². The van der Waals surface area contributed by atoms with E-state index in [2.05, 4.69) is 23.6 Å². The molecular weight excluding hydrogens is 246 g/mol. The van der Waals surface area contributed by atoms with Crippen molar-refractivity contribution in [1.82, 2.24) is 4.90 Å². The number of nitrogens with zero attached hydrogens (tertiary/aromatic N) is 1. The lowest BCUT2D eigenvalue weighted by Gasteiger charge is -2.27. The molecule has 2 aliphatic rings. The fourth-order valence-electron chi connectivity index (χ4n) is 2.92. The number of hydrogen-bond acceptors (Lipinski definition) is 4. The van der Waals surface area contributed by atoms with Crippen molar-refractivity contribution in [2.24, 2.45) is 5.41 Å². The highest BCUT2D eigenvalue weighted by atomic mass is 32.2. The van der Waals surface area contributed by atoms with E-state index in [1.165, 1.54) is 32.1 Å². The SMILES string of the molecule is CCS[C@@H]1CCCCN(CC2(C(=O)OC)CC2)C1. The summed E-state index contributed by atoms with van der Waals surface area (Å²) < 4.78 is 4.95. The number of esters is 1. The average molecular weight is 271 g/mol. The normalized spacial score (nSPS) is 27.6. The molecule has 0 N–H and O–H groups in total. The monoisotopic (exact) mass is 271 g/mol. The highest BCUT2D eigenvalue weighted by molar-refractivity contribution is 7.99. The van der Waals surface area contributed by atoms with Crippen molar-refractivity contribution in [1.29, 1.82) is 0 Å². The minimum absolute atomic E-state index is 0.00596. The first kappa shape index (κ1) is 14.2. The zero-order valence-electron chi connectivity index (χ0n) is 11.6. The first-order valence-electron chi connectivity index (χ1n) is 7.12. The Balaban J connectivity index is 1.89. The molecule has 1 atom stereocenters. The van der Waals surface area contributed by atoms with Crippen LogP contribution < -0.4 is 0 Å². The molecule has 104 valence electrons. The van der Waals surface area contributed by atoms with E-state index in [4.69, 9.17) is 4.74 Å². The van der Waals surface area contributed by atoms with Gasteiger partial charge < -0.3 is 9.64 Å². The second-order valence-electron chi connectivity index (χ2n) is 5.58. The van der Waals surface area contributed by atoms with Crippen molar-refractivity contribution in [3.63, 3.8) is 0 Å². The second kappa shape index (κ2) is 6.29. The number of likely N-dealkylation sites (tertiary alicyclic amines) is 1. The summed E-state index contributed by atoms with van der Waals surface area (Å²) >= 11 is 2.07. The average Bonchev–Trinajstić information content (AvgIpc) is 3.16. The van der Waals surface area contributed by atoms with Crippen molar-refractivity contribution in [2.45, 2.75) is 44.3 Å². The molecule has 18 heavy (non-hydrogen) atoms. The molecule has 0 amide bonds. The van der Waals surface area contributed by atoms with Crippen molar-refractivity contribution in [3.05, 3.63) is 0 Å². The standard InChI is InChI=1S/C14H25NO2S/c1-3-18-12-6-4-5-9-15(10-12)11-14(7-8-14)13(16)17-2/h12H,3-11H2,1-2H3/t12-/m1/s1. The van der Waals surface area contributed by atoms with E-state index in [1.54, 1.807) is 0 Å². The molecule has 1 aliphatic carbocycles. The summed E-state index contributed by atoms with van der Waals surface area (Å²) in [4.78, 5) is 14.3. The largest absolute Gasteiger partial charge is 0.469 e. The van der Waals surface area contributed by atoms with Crippen molar-refractivity contribution < 1.29 is 9.53 Å². The van der Waals surface area contributed by atoms with Crippen LogP contribution in [0.25, 0.3) is 0 Å². The van der Waals surface area contributed by atoms with E-state index in [9.17, 15) is 4.79 Å². The molecule has 1 heterocycles. The molecule has 1 aliphatic heterocycles. The lowest BCUT2D eigenvalue weighted by atomic mass is 10.1. The van der Waals surface area contributed by atoms with Gasteiger partial charge in [0.2, 0.25) is 0 Å². The van der Waals surface area contributed by atoms with Crippen LogP contribution in [0.2, 0.25) is 0 Å². The Bertz CT molecular complexity index is 292. The fourth-order valence-corrected chi connectivity index (χ4v) is 4.04. The maximum atomic E-state index is 11.8. The van der Waals surface area contributed by atoms with Crippen molar-refractivity contribution in [3.8, 4) is 0 Å². The Morgan fingerprint density at radius 1 is 1.44 bits per heavy atom. The van der Waals surface area contributed by atoms with Gasteiger partial charge in [-0.3, -0.25) is 4.79 Å². The van der Waals surface area contributed by atoms with Crippen LogP contribution in [0.5, 0.6) is 0 Å². The van der Waals surface area contributed by atoms with Crippen LogP contribution in [0, 0.1) is 5.41 Å². The third kappa shape index (κ3) is 3.41. The number of ether oxygens (including phenoxy) is 1. The Hall–Kier alpha value is -0.220. The number of thioether (sulfide) groups is 1. The quantitative estimate of drug-likeness (QED) is 0.719. The van der Waals surface area contributed by atoms with Crippen LogP contribution in [-0.2, 0) is 9.53 Å². The van der Waals surface area contributed by atoms with Gasteiger partial charge in [-0.25, -0.2) is 0 Å². The van der Waals surface area contributed by atoms with Crippen molar-refractivity contribution >= 4 is 17.7 Å². The van der Waals surface area contributed by atoms with E-state index in [0.717, 1.165) is 37.7 Å². The first-order valence-corrected chi connectivity index (χ1v) is 8.17. The molecule has 4 heteroatoms. The summed E-state index contributed by atoms with van der Waals surface area (Å²) in [5, 5.41) is 0.756. The molecule has 2 rings (SSSR count). The maximum absolute atomic E-state index is 11.8. The zero-order chi connectivity index (χ0) is 13.0. The highest BCUT2D eigenvalue weighted by Crippen LogP contribution is 2.47. The van der Waals surface area contributed by atoms with Crippen LogP contribution >= 0.6 is 11.8 Å². The molecule has 1 saturated carbocycles. The van der Waals surface area contributed by atoms with Crippen LogP contribution in [0.1, 0.15) is 39.0 Å². The van der Waals surface area contributed by atoms with Gasteiger partial charge in [-0.1, -0.05) is 13.3 Å². The van der Waals surface area contributed by atoms with Gasteiger partial charge in [-0.05, 0) is 38.0 Å². The number of hydrogen-bond donors (Lipinski definition) is 0. The molecular formula is C14H25NO2S. The minimum atomic E-state index is -0.152. The van der Waals surface area contributed by atoms with E-state index in [-0.39, 0.29) is 11.4 Å². The molecule has 0 unspecified atom stereocenters. The van der Waals surface area contributed by atoms with E-state index in [1.807, 2.05) is 0 Å². The molecule has 2 fully saturated rings. The molecule has 0 aromatic rings. The number of rotatable bonds is 5. The molecule has 0 radical (unpaired) electrons. The number of carbonyl (C=O) groups excluding carboxylic acids is 1. The molecule has 1 saturated heterocycles. The third-order valence-electron chi connectivity index (χ3n) is 4.11. The van der Waals surface area contributed by atoms with Gasteiger partial charge in [-0.2, -0.15) is 11.8 Å². The zero-order valence-corrected chi connectivity index (χ0v) is 12.4. The van der Waals surface area contributed by atoms with Crippen molar-refractivity contribution in [2.75, 3.05) is 32.5 Å². The van der Waals surface area contributed by atoms with Crippen LogP contribution in [0.3, 0.4) is 0 Å². The molecule has 0 spiro atoms. The highest BCUT2D eigenvalue weighted by Gasteiger charge is 2.52. The fraction of sp³-hybridized carbons (Fsp3) is 0.929. The van der Waals surface area contributed by atoms with Gasteiger partial charge >= 0.3 is 5.97 Å². The van der Waals surface area contributed by atoms with E-state index >= 15 is 0 Å². The van der Waals surface area contributed by atoms with Gasteiger partial charge in [-0.15, -0.1) is 0 Å². The Labute approximate surface area is 115 Å². The second-order valence-corrected chi connectivity index (χ2v) is 7.16. The lowest BCUT2D eigenvalue weighted by molar-refractivity contribution is -0.147. The molecule has 0 aromatic carbocycles. The lowest BCUT2D eigenvalue weighted by Crippen LogP contribution is -2.38. The van der Waals surface area contributed by atoms with E-state index < -0.39 is 0 Å². The summed E-state index contributed by atoms with van der Waals surface area (Å²) in [5.74, 6) is 1.20.